The third-order valence-corrected chi connectivity index (χ3v) is 4.64. The Kier molecular flexibility index (Phi) is 4.43. The van der Waals surface area contributed by atoms with Gasteiger partial charge in [-0.2, -0.15) is 18.3 Å². The van der Waals surface area contributed by atoms with E-state index >= 15 is 0 Å². The molecule has 0 amide bonds. The molecule has 0 bridgehead atoms. The fourth-order valence-corrected chi connectivity index (χ4v) is 3.27. The predicted molar refractivity (Wildman–Crippen MR) is 79.6 cm³/mol. The van der Waals surface area contributed by atoms with Gasteiger partial charge < -0.3 is 0 Å². The van der Waals surface area contributed by atoms with Gasteiger partial charge in [0.05, 0.1) is 16.9 Å². The summed E-state index contributed by atoms with van der Waals surface area (Å²) < 4.78 is 67.1. The Morgan fingerprint density at radius 1 is 1.22 bits per heavy atom. The number of halogens is 3. The molecule has 126 valence electrons. The molecule has 1 N–H and O–H groups in total. The summed E-state index contributed by atoms with van der Waals surface area (Å²) in [4.78, 5) is -0.150. The summed E-state index contributed by atoms with van der Waals surface area (Å²) in [5, 5.41) is 4.06. The van der Waals surface area contributed by atoms with Gasteiger partial charge in [0.15, 0.2) is 0 Å². The molecule has 0 saturated carbocycles. The maximum absolute atomic E-state index is 13.0. The van der Waals surface area contributed by atoms with Gasteiger partial charge in [-0.05, 0) is 32.9 Å². The number of hydrogen-bond donors (Lipinski definition) is 1. The van der Waals surface area contributed by atoms with E-state index in [1.54, 1.807) is 0 Å². The molecule has 9 heteroatoms. The van der Waals surface area contributed by atoms with Crippen LogP contribution in [0.5, 0.6) is 0 Å². The van der Waals surface area contributed by atoms with Crippen LogP contribution >= 0.6 is 0 Å². The van der Waals surface area contributed by atoms with E-state index in [0.29, 0.717) is 0 Å². The van der Waals surface area contributed by atoms with Crippen LogP contribution in [0.4, 0.5) is 18.9 Å². The smallest absolute Gasteiger partial charge is 0.279 e. The highest BCUT2D eigenvalue weighted by Crippen LogP contribution is 2.35. The molecule has 1 heterocycles. The Morgan fingerprint density at radius 3 is 2.35 bits per heavy atom. The van der Waals surface area contributed by atoms with Crippen molar-refractivity contribution in [1.29, 1.82) is 0 Å². The standard InChI is InChI=1S/C14H16F3N3O2S/c1-9(2)20-8-13(10(3)18-20)23(21,22)19-12-7-5-4-6-11(12)14(15,16)17/h4-9,19H,1-3H3. The van der Waals surface area contributed by atoms with Crippen molar-refractivity contribution in [2.45, 2.75) is 37.9 Å². The quantitative estimate of drug-likeness (QED) is 0.919. The Bertz CT molecular complexity index is 811. The number of rotatable bonds is 4. The van der Waals surface area contributed by atoms with Gasteiger partial charge in [-0.25, -0.2) is 8.42 Å². The van der Waals surface area contributed by atoms with E-state index in [4.69, 9.17) is 0 Å². The second-order valence-corrected chi connectivity index (χ2v) is 6.95. The number of sulfonamides is 1. The van der Waals surface area contributed by atoms with E-state index < -0.39 is 27.5 Å². The van der Waals surface area contributed by atoms with E-state index in [9.17, 15) is 21.6 Å². The Balaban J connectivity index is 2.44. The van der Waals surface area contributed by atoms with Gasteiger partial charge in [-0.15, -0.1) is 0 Å². The van der Waals surface area contributed by atoms with Gasteiger partial charge in [0.2, 0.25) is 0 Å². The molecule has 2 rings (SSSR count). The fraction of sp³-hybridized carbons (Fsp3) is 0.357. The third kappa shape index (κ3) is 3.66. The van der Waals surface area contributed by atoms with Crippen LogP contribution in [0.15, 0.2) is 35.4 Å². The molecule has 0 radical (unpaired) electrons. The number of para-hydroxylation sites is 1. The van der Waals surface area contributed by atoms with Gasteiger partial charge in [-0.1, -0.05) is 12.1 Å². The molecular formula is C14H16F3N3O2S. The number of hydrogen-bond acceptors (Lipinski definition) is 3. The van der Waals surface area contributed by atoms with Gasteiger partial charge >= 0.3 is 6.18 Å². The van der Waals surface area contributed by atoms with Crippen LogP contribution in [0.2, 0.25) is 0 Å². The Labute approximate surface area is 132 Å². The summed E-state index contributed by atoms with van der Waals surface area (Å²) in [6, 6.07) is 4.35. The average molecular weight is 347 g/mol. The van der Waals surface area contributed by atoms with E-state index in [1.807, 2.05) is 18.6 Å². The Morgan fingerprint density at radius 2 is 1.83 bits per heavy atom. The van der Waals surface area contributed by atoms with Crippen LogP contribution in [-0.2, 0) is 16.2 Å². The highest BCUT2D eigenvalue weighted by Gasteiger charge is 2.34. The average Bonchev–Trinajstić information content (AvgIpc) is 2.81. The maximum atomic E-state index is 13.0. The zero-order valence-corrected chi connectivity index (χ0v) is 13.5. The molecule has 1 aromatic carbocycles. The minimum atomic E-state index is -4.66. The minimum Gasteiger partial charge on any atom is -0.279 e. The molecule has 0 saturated heterocycles. The SMILES string of the molecule is Cc1nn(C(C)C)cc1S(=O)(=O)Nc1ccccc1C(F)(F)F. The van der Waals surface area contributed by atoms with Crippen LogP contribution in [0, 0.1) is 6.92 Å². The van der Waals surface area contributed by atoms with Crippen LogP contribution in [0.25, 0.3) is 0 Å². The van der Waals surface area contributed by atoms with Crippen molar-refractivity contribution < 1.29 is 21.6 Å². The summed E-state index contributed by atoms with van der Waals surface area (Å²) in [7, 11) is -4.17. The first-order valence-electron chi connectivity index (χ1n) is 6.77. The lowest BCUT2D eigenvalue weighted by Crippen LogP contribution is -2.17. The first kappa shape index (κ1) is 17.3. The first-order chi connectivity index (χ1) is 10.5. The number of nitrogens with zero attached hydrogens (tertiary/aromatic N) is 2. The lowest BCUT2D eigenvalue weighted by Gasteiger charge is -2.14. The lowest BCUT2D eigenvalue weighted by molar-refractivity contribution is -0.136. The van der Waals surface area contributed by atoms with E-state index in [-0.39, 0.29) is 16.6 Å². The summed E-state index contributed by atoms with van der Waals surface area (Å²) in [5.41, 5.74) is -1.34. The topological polar surface area (TPSA) is 64.0 Å². The van der Waals surface area contributed by atoms with Crippen molar-refractivity contribution in [3.63, 3.8) is 0 Å². The second-order valence-electron chi connectivity index (χ2n) is 5.30. The summed E-state index contributed by atoms with van der Waals surface area (Å²) in [6.07, 6.45) is -3.35. The molecule has 0 fully saturated rings. The highest BCUT2D eigenvalue weighted by atomic mass is 32.2. The van der Waals surface area contributed by atoms with Crippen molar-refractivity contribution in [2.24, 2.45) is 0 Å². The zero-order valence-electron chi connectivity index (χ0n) is 12.7. The van der Waals surface area contributed by atoms with E-state index in [2.05, 4.69) is 5.10 Å². The molecule has 0 aliphatic rings. The molecule has 0 atom stereocenters. The van der Waals surface area contributed by atoms with Crippen molar-refractivity contribution in [3.8, 4) is 0 Å². The minimum absolute atomic E-state index is 0.0693. The number of alkyl halides is 3. The lowest BCUT2D eigenvalue weighted by atomic mass is 10.2. The number of nitrogens with one attached hydrogen (secondary N) is 1. The van der Waals surface area contributed by atoms with Crippen LogP contribution < -0.4 is 4.72 Å². The molecule has 1 aromatic heterocycles. The van der Waals surface area contributed by atoms with Gasteiger partial charge in [-0.3, -0.25) is 9.40 Å². The molecule has 0 aliphatic carbocycles. The first-order valence-corrected chi connectivity index (χ1v) is 8.25. The van der Waals surface area contributed by atoms with Crippen molar-refractivity contribution in [1.82, 2.24) is 9.78 Å². The van der Waals surface area contributed by atoms with Crippen LogP contribution in [0.3, 0.4) is 0 Å². The summed E-state index contributed by atoms with van der Waals surface area (Å²) >= 11 is 0. The Hall–Kier alpha value is -2.03. The molecular weight excluding hydrogens is 331 g/mol. The molecule has 2 aromatic rings. The summed E-state index contributed by atoms with van der Waals surface area (Å²) in [6.45, 7) is 5.12. The number of benzene rings is 1. The summed E-state index contributed by atoms with van der Waals surface area (Å²) in [5.74, 6) is 0. The number of aryl methyl sites for hydroxylation is 1. The third-order valence-electron chi connectivity index (χ3n) is 3.17. The number of aromatic nitrogens is 2. The van der Waals surface area contributed by atoms with E-state index in [0.717, 1.165) is 12.1 Å². The van der Waals surface area contributed by atoms with Gasteiger partial charge in [0.1, 0.15) is 4.90 Å². The largest absolute Gasteiger partial charge is 0.418 e. The monoisotopic (exact) mass is 347 g/mol. The molecule has 5 nitrogen and oxygen atoms in total. The second kappa shape index (κ2) is 5.88. The van der Waals surface area contributed by atoms with Crippen LogP contribution in [-0.4, -0.2) is 18.2 Å². The van der Waals surface area contributed by atoms with E-state index in [1.165, 1.54) is 29.9 Å². The highest BCUT2D eigenvalue weighted by molar-refractivity contribution is 7.92. The molecule has 0 spiro atoms. The molecule has 0 aliphatic heterocycles. The zero-order chi connectivity index (χ0) is 17.4. The maximum Gasteiger partial charge on any atom is 0.418 e. The van der Waals surface area contributed by atoms with Crippen molar-refractivity contribution in [2.75, 3.05) is 4.72 Å². The predicted octanol–water partition coefficient (Wildman–Crippen LogP) is 3.59. The van der Waals surface area contributed by atoms with Gasteiger partial charge in [0, 0.05) is 12.2 Å². The van der Waals surface area contributed by atoms with Crippen molar-refractivity contribution in [3.05, 3.63) is 41.7 Å². The van der Waals surface area contributed by atoms with Crippen molar-refractivity contribution >= 4 is 15.7 Å². The number of anilines is 1. The van der Waals surface area contributed by atoms with Crippen LogP contribution in [0.1, 0.15) is 31.1 Å². The molecule has 0 unspecified atom stereocenters. The normalized spacial score (nSPS) is 12.7. The van der Waals surface area contributed by atoms with Gasteiger partial charge in [0.25, 0.3) is 10.0 Å². The fourth-order valence-electron chi connectivity index (χ4n) is 2.01. The molecule has 23 heavy (non-hydrogen) atoms.